The maximum Gasteiger partial charge on any atom is 0.303 e. The van der Waals surface area contributed by atoms with E-state index in [1.165, 1.54) is 23.2 Å². The highest BCUT2D eigenvalue weighted by Crippen LogP contribution is 2.38. The van der Waals surface area contributed by atoms with E-state index in [1.54, 1.807) is 36.4 Å². The van der Waals surface area contributed by atoms with Crippen molar-refractivity contribution in [1.29, 1.82) is 0 Å². The van der Waals surface area contributed by atoms with Crippen molar-refractivity contribution < 1.29 is 47.7 Å². The van der Waals surface area contributed by atoms with Gasteiger partial charge in [-0.1, -0.05) is 36.0 Å². The van der Waals surface area contributed by atoms with Crippen molar-refractivity contribution in [3.05, 3.63) is 58.4 Å². The maximum atomic E-state index is 13.6. The Morgan fingerprint density at radius 3 is 2.14 bits per heavy atom. The second-order valence-electron chi connectivity index (χ2n) is 9.10. The number of ether oxygens (including phenoxy) is 5. The van der Waals surface area contributed by atoms with Crippen LogP contribution in [0, 0.1) is 0 Å². The van der Waals surface area contributed by atoms with Gasteiger partial charge < -0.3 is 23.7 Å². The van der Waals surface area contributed by atoms with Crippen LogP contribution < -0.4 is 4.90 Å². The van der Waals surface area contributed by atoms with Crippen LogP contribution in [0.5, 0.6) is 0 Å². The minimum Gasteiger partial charge on any atom is -0.463 e. The molecule has 1 aromatic carbocycles. The number of thiophene rings is 1. The van der Waals surface area contributed by atoms with Gasteiger partial charge in [0.25, 0.3) is 5.91 Å². The Kier molecular flexibility index (Phi) is 10.1. The molecule has 1 saturated heterocycles. The van der Waals surface area contributed by atoms with Crippen LogP contribution >= 0.6 is 23.1 Å². The van der Waals surface area contributed by atoms with Crippen molar-refractivity contribution in [2.45, 2.75) is 57.5 Å². The fraction of sp³-hybridized carbons (Fsp3) is 0.357. The third kappa shape index (κ3) is 7.63. The Balaban J connectivity index is 1.77. The highest BCUT2D eigenvalue weighted by molar-refractivity contribution is 8.14. The largest absolute Gasteiger partial charge is 0.463 e. The Hall–Kier alpha value is -4.01. The summed E-state index contributed by atoms with van der Waals surface area (Å²) in [5.41, 5.74) is -0.465. The smallest absolute Gasteiger partial charge is 0.303 e. The molecule has 0 bridgehead atoms. The summed E-state index contributed by atoms with van der Waals surface area (Å²) in [6.45, 7) is 4.28. The Labute approximate surface area is 249 Å². The molecule has 0 spiro atoms. The molecule has 12 nitrogen and oxygen atoms in total. The number of thioether (sulfide) groups is 1. The van der Waals surface area contributed by atoms with Crippen molar-refractivity contribution >= 4 is 69.8 Å². The Bertz CT molecular complexity index is 1390. The van der Waals surface area contributed by atoms with E-state index in [9.17, 15) is 24.0 Å². The number of anilines is 1. The molecule has 222 valence electrons. The number of carbonyl (C=O) groups is 5. The lowest BCUT2D eigenvalue weighted by atomic mass is 9.99. The summed E-state index contributed by atoms with van der Waals surface area (Å²) >= 11 is 2.37. The van der Waals surface area contributed by atoms with E-state index in [2.05, 4.69) is 4.99 Å². The number of carbonyl (C=O) groups excluding carboxylic acids is 5. The molecule has 3 heterocycles. The molecule has 0 N–H and O–H groups in total. The molecule has 2 aliphatic rings. The third-order valence-electron chi connectivity index (χ3n) is 5.84. The Morgan fingerprint density at radius 2 is 1.55 bits per heavy atom. The van der Waals surface area contributed by atoms with Crippen LogP contribution in [-0.4, -0.2) is 71.4 Å². The molecule has 0 aliphatic carbocycles. The SMILES string of the molecule is CC(=O)OCC1OC(SC2=N/C(=C/c3cccs3)C(=O)N2c2ccccc2)C(OC(C)=O)C(OC(C)=O)C1OC(C)=O. The highest BCUT2D eigenvalue weighted by Gasteiger charge is 2.53. The van der Waals surface area contributed by atoms with Crippen LogP contribution in [0.15, 0.2) is 58.5 Å². The lowest BCUT2D eigenvalue weighted by Gasteiger charge is -2.44. The van der Waals surface area contributed by atoms with E-state index in [1.807, 2.05) is 17.5 Å². The minimum atomic E-state index is -1.34. The van der Waals surface area contributed by atoms with Crippen molar-refractivity contribution in [2.24, 2.45) is 4.99 Å². The summed E-state index contributed by atoms with van der Waals surface area (Å²) in [7, 11) is 0. The van der Waals surface area contributed by atoms with Gasteiger partial charge in [0.2, 0.25) is 0 Å². The molecule has 4 rings (SSSR count). The van der Waals surface area contributed by atoms with E-state index in [4.69, 9.17) is 23.7 Å². The quantitative estimate of drug-likeness (QED) is 0.244. The monoisotopic (exact) mass is 616 g/mol. The fourth-order valence-electron chi connectivity index (χ4n) is 4.28. The van der Waals surface area contributed by atoms with Crippen molar-refractivity contribution in [2.75, 3.05) is 11.5 Å². The van der Waals surface area contributed by atoms with Gasteiger partial charge in [0.05, 0.1) is 5.69 Å². The number of nitrogens with zero attached hydrogens (tertiary/aromatic N) is 2. The van der Waals surface area contributed by atoms with Gasteiger partial charge in [0.1, 0.15) is 18.4 Å². The first-order valence-corrected chi connectivity index (χ1v) is 14.5. The first kappa shape index (κ1) is 30.9. The van der Waals surface area contributed by atoms with E-state index in [0.717, 1.165) is 37.4 Å². The van der Waals surface area contributed by atoms with Crippen LogP contribution in [0.1, 0.15) is 32.6 Å². The molecule has 1 amide bonds. The number of hydrogen-bond donors (Lipinski definition) is 0. The van der Waals surface area contributed by atoms with Gasteiger partial charge >= 0.3 is 23.9 Å². The summed E-state index contributed by atoms with van der Waals surface area (Å²) in [5.74, 6) is -3.23. The lowest BCUT2D eigenvalue weighted by Crippen LogP contribution is -2.61. The van der Waals surface area contributed by atoms with Crippen molar-refractivity contribution in [1.82, 2.24) is 0 Å². The zero-order valence-electron chi connectivity index (χ0n) is 23.1. The van der Waals surface area contributed by atoms with Crippen LogP contribution in [0.3, 0.4) is 0 Å². The number of para-hydroxylation sites is 1. The summed E-state index contributed by atoms with van der Waals surface area (Å²) in [6.07, 6.45) is -3.42. The molecule has 5 atom stereocenters. The predicted octanol–water partition coefficient (Wildman–Crippen LogP) is 3.31. The van der Waals surface area contributed by atoms with Gasteiger partial charge in [-0.3, -0.25) is 28.9 Å². The molecule has 42 heavy (non-hydrogen) atoms. The number of hydrogen-bond acceptors (Lipinski definition) is 13. The average molecular weight is 617 g/mol. The topological polar surface area (TPSA) is 147 Å². The zero-order valence-corrected chi connectivity index (χ0v) is 24.7. The van der Waals surface area contributed by atoms with E-state index < -0.39 is 59.6 Å². The van der Waals surface area contributed by atoms with Crippen molar-refractivity contribution in [3.63, 3.8) is 0 Å². The third-order valence-corrected chi connectivity index (χ3v) is 7.75. The molecule has 0 saturated carbocycles. The lowest BCUT2D eigenvalue weighted by molar-refractivity contribution is -0.237. The molecule has 5 unspecified atom stereocenters. The number of esters is 4. The first-order valence-electron chi connectivity index (χ1n) is 12.7. The Morgan fingerprint density at radius 1 is 0.905 bits per heavy atom. The normalized spacial score (nSPS) is 24.6. The summed E-state index contributed by atoms with van der Waals surface area (Å²) in [4.78, 5) is 68.4. The molecular weight excluding hydrogens is 588 g/mol. The van der Waals surface area contributed by atoms with Crippen LogP contribution in [0.2, 0.25) is 0 Å². The standard InChI is InChI=1S/C28H28N2O10S2/c1-15(31)36-14-22-23(37-16(2)32)24(38-17(3)33)25(39-18(4)34)27(40-22)42-28-29-21(13-20-11-8-12-41-20)26(35)30(28)19-9-6-5-7-10-19/h5-13,22-25,27H,14H2,1-4H3/b21-13+. The fourth-order valence-corrected chi connectivity index (χ4v) is 6.12. The highest BCUT2D eigenvalue weighted by atomic mass is 32.2. The van der Waals surface area contributed by atoms with Gasteiger partial charge in [0.15, 0.2) is 28.9 Å². The molecular formula is C28H28N2O10S2. The number of benzene rings is 1. The summed E-state index contributed by atoms with van der Waals surface area (Å²) in [5, 5.41) is 2.06. The van der Waals surface area contributed by atoms with Crippen LogP contribution in [0.4, 0.5) is 5.69 Å². The van der Waals surface area contributed by atoms with Gasteiger partial charge in [-0.05, 0) is 29.7 Å². The average Bonchev–Trinajstić information content (AvgIpc) is 3.54. The zero-order chi connectivity index (χ0) is 30.4. The minimum absolute atomic E-state index is 0.162. The molecule has 1 aromatic heterocycles. The number of amidine groups is 1. The summed E-state index contributed by atoms with van der Waals surface area (Å²) in [6, 6.07) is 12.5. The van der Waals surface area contributed by atoms with Gasteiger partial charge in [-0.25, -0.2) is 4.99 Å². The molecule has 1 fully saturated rings. The van der Waals surface area contributed by atoms with Gasteiger partial charge in [-0.2, -0.15) is 0 Å². The number of rotatable bonds is 8. The van der Waals surface area contributed by atoms with E-state index in [0.29, 0.717) is 5.69 Å². The van der Waals surface area contributed by atoms with Gasteiger partial charge in [-0.15, -0.1) is 11.3 Å². The van der Waals surface area contributed by atoms with E-state index in [-0.39, 0.29) is 17.5 Å². The molecule has 0 radical (unpaired) electrons. The number of amides is 1. The van der Waals surface area contributed by atoms with E-state index >= 15 is 0 Å². The predicted molar refractivity (Wildman–Crippen MR) is 153 cm³/mol. The number of aliphatic imine (C=N–C) groups is 1. The summed E-state index contributed by atoms with van der Waals surface area (Å²) < 4.78 is 27.9. The van der Waals surface area contributed by atoms with Gasteiger partial charge in [0, 0.05) is 32.6 Å². The maximum absolute atomic E-state index is 13.6. The molecule has 2 aliphatic heterocycles. The van der Waals surface area contributed by atoms with Crippen LogP contribution in [-0.2, 0) is 47.7 Å². The molecule has 14 heteroatoms. The molecule has 2 aromatic rings. The second kappa shape index (κ2) is 13.8. The van der Waals surface area contributed by atoms with Crippen molar-refractivity contribution in [3.8, 4) is 0 Å². The second-order valence-corrected chi connectivity index (χ2v) is 11.1. The van der Waals surface area contributed by atoms with Crippen LogP contribution in [0.25, 0.3) is 6.08 Å². The first-order chi connectivity index (χ1) is 20.0.